The number of carbonyl (C=O) groups excluding carboxylic acids is 1. The Morgan fingerprint density at radius 3 is 1.55 bits per heavy atom. The lowest BCUT2D eigenvalue weighted by molar-refractivity contribution is 0.0627. The lowest BCUT2D eigenvalue weighted by atomic mass is 10.1. The second kappa shape index (κ2) is 22.4. The summed E-state index contributed by atoms with van der Waals surface area (Å²) in [5, 5.41) is 0. The van der Waals surface area contributed by atoms with Gasteiger partial charge in [-0.25, -0.2) is 4.79 Å². The van der Waals surface area contributed by atoms with Gasteiger partial charge in [-0.1, -0.05) is 122 Å². The molecule has 0 saturated heterocycles. The summed E-state index contributed by atoms with van der Waals surface area (Å²) in [6, 6.07) is 14.9. The molecule has 0 radical (unpaired) electrons. The van der Waals surface area contributed by atoms with Gasteiger partial charge in [0.15, 0.2) is 0 Å². The van der Waals surface area contributed by atoms with E-state index in [2.05, 4.69) is 20.8 Å². The van der Waals surface area contributed by atoms with Crippen LogP contribution in [0.15, 0.2) is 48.5 Å². The molecule has 224 valence electrons. The Morgan fingerprint density at radius 2 is 1.02 bits per heavy atom. The Labute approximate surface area is 245 Å². The molecule has 2 aromatic rings. The van der Waals surface area contributed by atoms with Gasteiger partial charge in [0.05, 0.1) is 18.3 Å². The Kier molecular flexibility index (Phi) is 18.9. The van der Waals surface area contributed by atoms with Crippen molar-refractivity contribution in [2.45, 2.75) is 136 Å². The summed E-state index contributed by atoms with van der Waals surface area (Å²) in [5.74, 6) is 0.967. The average molecular weight is 553 g/mol. The molecule has 0 fully saturated rings. The number of rotatable bonds is 24. The number of ether oxygens (including phenoxy) is 3. The van der Waals surface area contributed by atoms with Gasteiger partial charge in [-0.05, 0) is 61.7 Å². The highest BCUT2D eigenvalue weighted by atomic mass is 16.5. The average Bonchev–Trinajstić information content (AvgIpc) is 2.98. The van der Waals surface area contributed by atoms with Gasteiger partial charge >= 0.3 is 5.97 Å². The first-order valence-corrected chi connectivity index (χ1v) is 16.3. The van der Waals surface area contributed by atoms with Gasteiger partial charge in [-0.15, -0.1) is 0 Å². The molecule has 0 heterocycles. The molecule has 0 aliphatic rings. The molecular formula is C36H56O4. The van der Waals surface area contributed by atoms with E-state index in [-0.39, 0.29) is 12.1 Å². The fourth-order valence-electron chi connectivity index (χ4n) is 4.86. The minimum atomic E-state index is -0.364. The van der Waals surface area contributed by atoms with E-state index in [0.717, 1.165) is 30.8 Å². The van der Waals surface area contributed by atoms with Crippen molar-refractivity contribution >= 4 is 5.97 Å². The third-order valence-electron chi connectivity index (χ3n) is 7.53. The van der Waals surface area contributed by atoms with E-state index in [1.54, 1.807) is 12.1 Å². The van der Waals surface area contributed by atoms with E-state index in [0.29, 0.717) is 17.9 Å². The summed E-state index contributed by atoms with van der Waals surface area (Å²) in [7, 11) is 0. The number of hydrogen-bond acceptors (Lipinski definition) is 4. The molecule has 0 aromatic heterocycles. The molecule has 2 aromatic carbocycles. The van der Waals surface area contributed by atoms with Crippen LogP contribution >= 0.6 is 0 Å². The minimum absolute atomic E-state index is 0.0257. The standard InChI is InChI=1S/C36H56O4/c1-4-6-8-10-12-13-14-16-18-20-30-39-34-25-23-33(24-26-34)36(37)40-35-27-21-32(22-28-35)31(3)38-29-19-17-15-11-9-7-5-2/h21-28,31H,4-20,29-30H2,1-3H3. The van der Waals surface area contributed by atoms with E-state index in [1.807, 2.05) is 36.4 Å². The minimum Gasteiger partial charge on any atom is -0.494 e. The van der Waals surface area contributed by atoms with Crippen molar-refractivity contribution in [3.8, 4) is 11.5 Å². The second-order valence-corrected chi connectivity index (χ2v) is 11.1. The van der Waals surface area contributed by atoms with Crippen LogP contribution in [0.4, 0.5) is 0 Å². The van der Waals surface area contributed by atoms with Crippen LogP contribution in [0.2, 0.25) is 0 Å². The predicted octanol–water partition coefficient (Wildman–Crippen LogP) is 11.0. The van der Waals surface area contributed by atoms with Gasteiger partial charge < -0.3 is 14.2 Å². The molecule has 0 spiro atoms. The van der Waals surface area contributed by atoms with Gasteiger partial charge in [-0.3, -0.25) is 0 Å². The van der Waals surface area contributed by atoms with E-state index in [9.17, 15) is 4.79 Å². The molecule has 0 saturated carbocycles. The van der Waals surface area contributed by atoms with Crippen molar-refractivity contribution < 1.29 is 19.0 Å². The van der Waals surface area contributed by atoms with Crippen LogP contribution in [0, 0.1) is 0 Å². The lowest BCUT2D eigenvalue weighted by Gasteiger charge is -2.14. The Balaban J connectivity index is 1.59. The Hall–Kier alpha value is -2.33. The monoisotopic (exact) mass is 552 g/mol. The van der Waals surface area contributed by atoms with Gasteiger partial charge in [0.1, 0.15) is 11.5 Å². The number of carbonyl (C=O) groups is 1. The van der Waals surface area contributed by atoms with Crippen LogP contribution in [0.5, 0.6) is 11.5 Å². The van der Waals surface area contributed by atoms with Crippen LogP contribution in [0.1, 0.15) is 152 Å². The van der Waals surface area contributed by atoms with Gasteiger partial charge in [0.2, 0.25) is 0 Å². The normalized spacial score (nSPS) is 11.9. The van der Waals surface area contributed by atoms with Crippen molar-refractivity contribution in [2.24, 2.45) is 0 Å². The van der Waals surface area contributed by atoms with Gasteiger partial charge in [0, 0.05) is 6.61 Å². The maximum Gasteiger partial charge on any atom is 0.343 e. The van der Waals surface area contributed by atoms with Gasteiger partial charge in [0.25, 0.3) is 0 Å². The summed E-state index contributed by atoms with van der Waals surface area (Å²) < 4.78 is 17.5. The second-order valence-electron chi connectivity index (χ2n) is 11.1. The SMILES string of the molecule is CCCCCCCCCCCCOc1ccc(C(=O)Oc2ccc(C(C)OCCCCCCCCC)cc2)cc1. The van der Waals surface area contributed by atoms with E-state index >= 15 is 0 Å². The zero-order valence-corrected chi connectivity index (χ0v) is 25.8. The highest BCUT2D eigenvalue weighted by Crippen LogP contribution is 2.22. The van der Waals surface area contributed by atoms with Crippen LogP contribution in [-0.2, 0) is 4.74 Å². The fraction of sp³-hybridized carbons (Fsp3) is 0.639. The summed E-state index contributed by atoms with van der Waals surface area (Å²) in [6.07, 6.45) is 22.1. The first-order valence-electron chi connectivity index (χ1n) is 16.3. The third-order valence-corrected chi connectivity index (χ3v) is 7.53. The molecule has 4 nitrogen and oxygen atoms in total. The zero-order chi connectivity index (χ0) is 28.7. The summed E-state index contributed by atoms with van der Waals surface area (Å²) in [5.41, 5.74) is 1.61. The number of unbranched alkanes of at least 4 members (excludes halogenated alkanes) is 15. The first-order chi connectivity index (χ1) is 19.6. The Bertz CT molecular complexity index is 875. The summed E-state index contributed by atoms with van der Waals surface area (Å²) in [6.45, 7) is 8.08. The van der Waals surface area contributed by atoms with Crippen molar-refractivity contribution in [2.75, 3.05) is 13.2 Å². The molecule has 0 aliphatic carbocycles. The smallest absolute Gasteiger partial charge is 0.343 e. The third kappa shape index (κ3) is 15.5. The number of hydrogen-bond donors (Lipinski definition) is 0. The molecule has 1 atom stereocenters. The van der Waals surface area contributed by atoms with Crippen LogP contribution in [0.3, 0.4) is 0 Å². The van der Waals surface area contributed by atoms with Crippen LogP contribution < -0.4 is 9.47 Å². The van der Waals surface area contributed by atoms with Crippen LogP contribution in [0.25, 0.3) is 0 Å². The molecule has 40 heavy (non-hydrogen) atoms. The summed E-state index contributed by atoms with van der Waals surface area (Å²) in [4.78, 5) is 12.6. The Morgan fingerprint density at radius 1 is 0.575 bits per heavy atom. The topological polar surface area (TPSA) is 44.8 Å². The quantitative estimate of drug-likeness (QED) is 0.0738. The van der Waals surface area contributed by atoms with E-state index in [4.69, 9.17) is 14.2 Å². The molecule has 0 amide bonds. The first kappa shape index (κ1) is 33.9. The lowest BCUT2D eigenvalue weighted by Crippen LogP contribution is -2.09. The molecule has 0 N–H and O–H groups in total. The number of esters is 1. The highest BCUT2D eigenvalue weighted by Gasteiger charge is 2.11. The predicted molar refractivity (Wildman–Crippen MR) is 168 cm³/mol. The largest absolute Gasteiger partial charge is 0.494 e. The van der Waals surface area contributed by atoms with E-state index in [1.165, 1.54) is 96.3 Å². The highest BCUT2D eigenvalue weighted by molar-refractivity contribution is 5.91. The molecule has 2 rings (SSSR count). The molecule has 4 heteroatoms. The maximum absolute atomic E-state index is 12.6. The van der Waals surface area contributed by atoms with E-state index < -0.39 is 0 Å². The van der Waals surface area contributed by atoms with Gasteiger partial charge in [-0.2, -0.15) is 0 Å². The van der Waals surface area contributed by atoms with Crippen molar-refractivity contribution in [1.82, 2.24) is 0 Å². The fourth-order valence-corrected chi connectivity index (χ4v) is 4.86. The van der Waals surface area contributed by atoms with Crippen molar-refractivity contribution in [3.63, 3.8) is 0 Å². The maximum atomic E-state index is 12.6. The van der Waals surface area contributed by atoms with Crippen molar-refractivity contribution in [1.29, 1.82) is 0 Å². The van der Waals surface area contributed by atoms with Crippen molar-refractivity contribution in [3.05, 3.63) is 59.7 Å². The summed E-state index contributed by atoms with van der Waals surface area (Å²) >= 11 is 0. The molecule has 1 unspecified atom stereocenters. The molecule has 0 aliphatic heterocycles. The molecule has 0 bridgehead atoms. The molecular weight excluding hydrogens is 496 g/mol. The zero-order valence-electron chi connectivity index (χ0n) is 25.8. The van der Waals surface area contributed by atoms with Crippen LogP contribution in [-0.4, -0.2) is 19.2 Å². The number of benzene rings is 2.